The Balaban J connectivity index is 2.79. The minimum absolute atomic E-state index is 0.0523. The summed E-state index contributed by atoms with van der Waals surface area (Å²) in [5.41, 5.74) is 0. The molecule has 4 nitrogen and oxygen atoms in total. The number of unbranched alkanes of at least 4 members (excludes halogenated alkanes) is 1. The van der Waals surface area contributed by atoms with Gasteiger partial charge < -0.3 is 5.32 Å². The molecule has 88 valence electrons. The van der Waals surface area contributed by atoms with E-state index in [-0.39, 0.29) is 5.91 Å². The highest BCUT2D eigenvalue weighted by molar-refractivity contribution is 5.89. The van der Waals surface area contributed by atoms with Crippen molar-refractivity contribution in [2.75, 3.05) is 6.54 Å². The van der Waals surface area contributed by atoms with Crippen LogP contribution in [0, 0.1) is 0 Å². The van der Waals surface area contributed by atoms with E-state index in [0.29, 0.717) is 12.4 Å². The highest BCUT2D eigenvalue weighted by Gasteiger charge is 2.21. The summed E-state index contributed by atoms with van der Waals surface area (Å²) in [5, 5.41) is 2.79. The molecule has 0 saturated heterocycles. The first kappa shape index (κ1) is 12.5. The summed E-state index contributed by atoms with van der Waals surface area (Å²) in [6, 6.07) is 0. The van der Waals surface area contributed by atoms with Gasteiger partial charge in [-0.1, -0.05) is 19.4 Å². The maximum atomic E-state index is 11.9. The Morgan fingerprint density at radius 2 is 2.44 bits per heavy atom. The summed E-state index contributed by atoms with van der Waals surface area (Å²) in [6.07, 6.45) is 7.72. The Bertz CT molecular complexity index is 368. The third-order valence-corrected chi connectivity index (χ3v) is 2.44. The number of nitrogens with one attached hydrogen (secondary N) is 1. The second-order valence-corrected chi connectivity index (χ2v) is 3.78. The molecule has 0 unspecified atom stereocenters. The van der Waals surface area contributed by atoms with E-state index in [1.54, 1.807) is 6.08 Å². The third kappa shape index (κ3) is 2.95. The number of carbonyl (C=O) groups is 1. The molecule has 0 spiro atoms. The van der Waals surface area contributed by atoms with E-state index in [2.05, 4.69) is 18.8 Å². The largest absolute Gasteiger partial charge is 0.347 e. The fraction of sp³-hybridized carbons (Fsp3) is 0.500. The molecule has 1 rings (SSSR count). The van der Waals surface area contributed by atoms with Gasteiger partial charge in [-0.3, -0.25) is 4.79 Å². The van der Waals surface area contributed by atoms with Gasteiger partial charge in [0.05, 0.1) is 13.6 Å². The van der Waals surface area contributed by atoms with Crippen LogP contribution in [0.1, 0.15) is 30.4 Å². The van der Waals surface area contributed by atoms with Crippen molar-refractivity contribution in [1.29, 1.82) is 0 Å². The van der Waals surface area contributed by atoms with Crippen molar-refractivity contribution in [3.05, 3.63) is 30.9 Å². The van der Waals surface area contributed by atoms with Crippen molar-refractivity contribution >= 4 is 5.91 Å². The molecule has 0 atom stereocenters. The van der Waals surface area contributed by atoms with Crippen LogP contribution < -0.4 is 9.88 Å². The van der Waals surface area contributed by atoms with Gasteiger partial charge in [-0.05, 0) is 6.42 Å². The van der Waals surface area contributed by atoms with Crippen LogP contribution >= 0.6 is 0 Å². The molecule has 4 heteroatoms. The Morgan fingerprint density at radius 1 is 1.69 bits per heavy atom. The molecule has 1 aromatic heterocycles. The first-order chi connectivity index (χ1) is 7.70. The van der Waals surface area contributed by atoms with Gasteiger partial charge in [0, 0.05) is 6.54 Å². The summed E-state index contributed by atoms with van der Waals surface area (Å²) in [5.74, 6) is 0.638. The van der Waals surface area contributed by atoms with Crippen LogP contribution in [0.25, 0.3) is 0 Å². The first-order valence-corrected chi connectivity index (χ1v) is 5.64. The molecular formula is C12H20N3O+. The van der Waals surface area contributed by atoms with E-state index in [1.165, 1.54) is 0 Å². The van der Waals surface area contributed by atoms with Crippen LogP contribution in [0.2, 0.25) is 0 Å². The topological polar surface area (TPSA) is 37.9 Å². The van der Waals surface area contributed by atoms with Crippen LogP contribution in [0.5, 0.6) is 0 Å². The molecule has 16 heavy (non-hydrogen) atoms. The molecule has 0 aliphatic heterocycles. The van der Waals surface area contributed by atoms with Gasteiger partial charge in [-0.15, -0.1) is 6.58 Å². The van der Waals surface area contributed by atoms with Crippen LogP contribution in [0.4, 0.5) is 0 Å². The smallest absolute Gasteiger partial charge is 0.342 e. The quantitative estimate of drug-likeness (QED) is 0.566. The van der Waals surface area contributed by atoms with Crippen LogP contribution in [0.15, 0.2) is 25.0 Å². The van der Waals surface area contributed by atoms with E-state index in [9.17, 15) is 4.79 Å². The van der Waals surface area contributed by atoms with E-state index >= 15 is 0 Å². The van der Waals surface area contributed by atoms with Gasteiger partial charge in [0.25, 0.3) is 0 Å². The van der Waals surface area contributed by atoms with E-state index < -0.39 is 0 Å². The number of rotatable bonds is 6. The standard InChI is InChI=1S/C12H19N3O/c1-4-6-8-15-10-9-14(3)12(15)11(16)13-7-5-2/h5,9-10H,2,4,6-8H2,1,3H3/p+1. The summed E-state index contributed by atoms with van der Waals surface area (Å²) in [7, 11) is 1.88. The molecule has 0 fully saturated rings. The second kappa shape index (κ2) is 6.10. The van der Waals surface area contributed by atoms with Crippen molar-refractivity contribution in [1.82, 2.24) is 9.88 Å². The molecule has 0 aliphatic carbocycles. The van der Waals surface area contributed by atoms with Crippen molar-refractivity contribution in [3.8, 4) is 0 Å². The monoisotopic (exact) mass is 222 g/mol. The Kier molecular flexibility index (Phi) is 4.76. The number of aryl methyl sites for hydroxylation is 2. The molecule has 0 aromatic carbocycles. The number of hydrogen-bond acceptors (Lipinski definition) is 1. The van der Waals surface area contributed by atoms with Gasteiger partial charge >= 0.3 is 11.7 Å². The second-order valence-electron chi connectivity index (χ2n) is 3.78. The molecule has 1 N–H and O–H groups in total. The Labute approximate surface area is 96.6 Å². The summed E-state index contributed by atoms with van der Waals surface area (Å²) in [4.78, 5) is 11.9. The van der Waals surface area contributed by atoms with Crippen LogP contribution in [-0.4, -0.2) is 17.0 Å². The number of amides is 1. The predicted octanol–water partition coefficient (Wildman–Crippen LogP) is 1.03. The molecular weight excluding hydrogens is 202 g/mol. The van der Waals surface area contributed by atoms with Crippen LogP contribution in [0.3, 0.4) is 0 Å². The van der Waals surface area contributed by atoms with E-state index in [0.717, 1.165) is 19.4 Å². The Hall–Kier alpha value is -1.58. The lowest BCUT2D eigenvalue weighted by Crippen LogP contribution is -2.40. The van der Waals surface area contributed by atoms with Crippen molar-refractivity contribution in [3.63, 3.8) is 0 Å². The molecule has 0 aliphatic rings. The SMILES string of the molecule is C=CCNC(=O)c1n(CCCC)cc[n+]1C. The van der Waals surface area contributed by atoms with Crippen molar-refractivity contribution in [2.24, 2.45) is 7.05 Å². The third-order valence-electron chi connectivity index (χ3n) is 2.44. The average Bonchev–Trinajstić information content (AvgIpc) is 2.64. The normalized spacial score (nSPS) is 10.1. The fourth-order valence-electron chi connectivity index (χ4n) is 1.57. The zero-order valence-corrected chi connectivity index (χ0v) is 10.1. The number of nitrogens with zero attached hydrogens (tertiary/aromatic N) is 2. The minimum Gasteiger partial charge on any atom is -0.342 e. The minimum atomic E-state index is -0.0523. The zero-order valence-electron chi connectivity index (χ0n) is 10.1. The number of aromatic nitrogens is 2. The van der Waals surface area contributed by atoms with Crippen molar-refractivity contribution in [2.45, 2.75) is 26.3 Å². The molecule has 0 bridgehead atoms. The van der Waals surface area contributed by atoms with E-state index in [4.69, 9.17) is 0 Å². The van der Waals surface area contributed by atoms with Gasteiger partial charge in [0.15, 0.2) is 0 Å². The molecule has 1 heterocycles. The summed E-state index contributed by atoms with van der Waals surface area (Å²) < 4.78 is 3.83. The average molecular weight is 222 g/mol. The van der Waals surface area contributed by atoms with Gasteiger partial charge in [0.1, 0.15) is 12.4 Å². The molecule has 1 amide bonds. The highest BCUT2D eigenvalue weighted by Crippen LogP contribution is 1.99. The summed E-state index contributed by atoms with van der Waals surface area (Å²) >= 11 is 0. The fourth-order valence-corrected chi connectivity index (χ4v) is 1.57. The van der Waals surface area contributed by atoms with Gasteiger partial charge in [-0.25, -0.2) is 9.13 Å². The number of carbonyl (C=O) groups excluding carboxylic acids is 1. The molecule has 0 saturated carbocycles. The molecule has 1 aromatic rings. The van der Waals surface area contributed by atoms with Crippen molar-refractivity contribution < 1.29 is 9.36 Å². The Morgan fingerprint density at radius 3 is 3.06 bits per heavy atom. The lowest BCUT2D eigenvalue weighted by molar-refractivity contribution is -0.673. The maximum absolute atomic E-state index is 11.9. The van der Waals surface area contributed by atoms with Gasteiger partial charge in [-0.2, -0.15) is 0 Å². The number of hydrogen-bond donors (Lipinski definition) is 1. The van der Waals surface area contributed by atoms with Crippen LogP contribution in [-0.2, 0) is 13.6 Å². The maximum Gasteiger partial charge on any atom is 0.347 e. The number of imidazole rings is 1. The summed E-state index contributed by atoms with van der Waals surface area (Å²) in [6.45, 7) is 7.10. The molecule has 0 radical (unpaired) electrons. The lowest BCUT2D eigenvalue weighted by Gasteiger charge is -2.02. The lowest BCUT2D eigenvalue weighted by atomic mass is 10.3. The predicted molar refractivity (Wildman–Crippen MR) is 63.0 cm³/mol. The highest BCUT2D eigenvalue weighted by atomic mass is 16.2. The van der Waals surface area contributed by atoms with Gasteiger partial charge in [0.2, 0.25) is 0 Å². The van der Waals surface area contributed by atoms with E-state index in [1.807, 2.05) is 28.6 Å². The first-order valence-electron chi connectivity index (χ1n) is 5.64. The zero-order chi connectivity index (χ0) is 12.0.